The minimum atomic E-state index is -1.01. The Hall–Kier alpha value is -1.85. The predicted molar refractivity (Wildman–Crippen MR) is 86.5 cm³/mol. The number of hydrogen-bond acceptors (Lipinski definition) is 4. The van der Waals surface area contributed by atoms with Crippen molar-refractivity contribution in [3.63, 3.8) is 0 Å². The largest absolute Gasteiger partial charge is 0.444 e. The standard InChI is InChI=1S/C17H25NO4/c1-12-5-7-13(8-6-12)9-10-15(20)14(11-19)18-16(21)22-17(2,3)4/h5-10,14-15,19-20H,11H2,1-4H3,(H,18,21)/b10-9+/t14?,15-/m1/s1. The lowest BCUT2D eigenvalue weighted by atomic mass is 10.1. The van der Waals surface area contributed by atoms with Gasteiger partial charge >= 0.3 is 6.09 Å². The second-order valence-corrected chi connectivity index (χ2v) is 6.20. The van der Waals surface area contributed by atoms with Crippen LogP contribution in [0.4, 0.5) is 4.79 Å². The van der Waals surface area contributed by atoms with E-state index < -0.39 is 30.4 Å². The summed E-state index contributed by atoms with van der Waals surface area (Å²) in [6.45, 7) is 6.84. The molecule has 0 bridgehead atoms. The molecule has 0 saturated carbocycles. The molecule has 0 aliphatic rings. The third-order valence-corrected chi connectivity index (χ3v) is 2.87. The zero-order valence-corrected chi connectivity index (χ0v) is 13.5. The molecular weight excluding hydrogens is 282 g/mol. The quantitative estimate of drug-likeness (QED) is 0.779. The molecule has 0 spiro atoms. The van der Waals surface area contributed by atoms with Crippen LogP contribution in [0.5, 0.6) is 0 Å². The molecule has 0 aromatic heterocycles. The second kappa shape index (κ2) is 7.96. The van der Waals surface area contributed by atoms with Crippen LogP contribution in [-0.4, -0.2) is 40.7 Å². The molecule has 22 heavy (non-hydrogen) atoms. The molecule has 2 atom stereocenters. The molecule has 122 valence electrons. The molecular formula is C17H25NO4. The Morgan fingerprint density at radius 1 is 1.32 bits per heavy atom. The molecule has 1 aromatic rings. The first-order chi connectivity index (χ1) is 10.2. The topological polar surface area (TPSA) is 78.8 Å². The second-order valence-electron chi connectivity index (χ2n) is 6.20. The van der Waals surface area contributed by atoms with E-state index in [1.54, 1.807) is 26.8 Å². The van der Waals surface area contributed by atoms with Crippen molar-refractivity contribution in [2.45, 2.75) is 45.4 Å². The molecule has 0 saturated heterocycles. The maximum atomic E-state index is 11.7. The molecule has 1 aromatic carbocycles. The number of carbonyl (C=O) groups excluding carboxylic acids is 1. The fourth-order valence-electron chi connectivity index (χ4n) is 1.72. The molecule has 0 aliphatic heterocycles. The van der Waals surface area contributed by atoms with Crippen LogP contribution in [0.3, 0.4) is 0 Å². The van der Waals surface area contributed by atoms with E-state index >= 15 is 0 Å². The Balaban J connectivity index is 2.62. The summed E-state index contributed by atoms with van der Waals surface area (Å²) >= 11 is 0. The van der Waals surface area contributed by atoms with Gasteiger partial charge in [0.15, 0.2) is 0 Å². The first-order valence-corrected chi connectivity index (χ1v) is 7.24. The van der Waals surface area contributed by atoms with E-state index in [2.05, 4.69) is 5.32 Å². The molecule has 1 rings (SSSR count). The molecule has 5 heteroatoms. The van der Waals surface area contributed by atoms with Crippen LogP contribution < -0.4 is 5.32 Å². The Morgan fingerprint density at radius 2 is 1.91 bits per heavy atom. The number of carbonyl (C=O) groups is 1. The molecule has 5 nitrogen and oxygen atoms in total. The van der Waals surface area contributed by atoms with Crippen LogP contribution >= 0.6 is 0 Å². The number of aliphatic hydroxyl groups is 2. The number of alkyl carbamates (subject to hydrolysis) is 1. The Kier molecular flexibility index (Phi) is 6.59. The summed E-state index contributed by atoms with van der Waals surface area (Å²) in [4.78, 5) is 11.7. The summed E-state index contributed by atoms with van der Waals surface area (Å²) in [6, 6.07) is 6.96. The summed E-state index contributed by atoms with van der Waals surface area (Å²) in [7, 11) is 0. The molecule has 0 radical (unpaired) electrons. The van der Waals surface area contributed by atoms with Gasteiger partial charge in [-0.3, -0.25) is 0 Å². The van der Waals surface area contributed by atoms with Crippen molar-refractivity contribution in [2.75, 3.05) is 6.61 Å². The van der Waals surface area contributed by atoms with Gasteiger partial charge in [-0.2, -0.15) is 0 Å². The van der Waals surface area contributed by atoms with Crippen molar-refractivity contribution in [2.24, 2.45) is 0 Å². The summed E-state index contributed by atoms with van der Waals surface area (Å²) in [5.74, 6) is 0. The third-order valence-electron chi connectivity index (χ3n) is 2.87. The minimum Gasteiger partial charge on any atom is -0.444 e. The summed E-state index contributed by atoms with van der Waals surface area (Å²) < 4.78 is 5.10. The van der Waals surface area contributed by atoms with Crippen LogP contribution in [-0.2, 0) is 4.74 Å². The lowest BCUT2D eigenvalue weighted by molar-refractivity contribution is 0.0406. The van der Waals surface area contributed by atoms with E-state index in [-0.39, 0.29) is 0 Å². The highest BCUT2D eigenvalue weighted by Crippen LogP contribution is 2.09. The number of benzene rings is 1. The average molecular weight is 307 g/mol. The van der Waals surface area contributed by atoms with Crippen molar-refractivity contribution in [1.29, 1.82) is 0 Å². The molecule has 0 fully saturated rings. The highest BCUT2D eigenvalue weighted by molar-refractivity contribution is 5.68. The predicted octanol–water partition coefficient (Wildman–Crippen LogP) is 2.25. The summed E-state index contributed by atoms with van der Waals surface area (Å²) in [5.41, 5.74) is 1.45. The number of aryl methyl sites for hydroxylation is 1. The molecule has 1 unspecified atom stereocenters. The number of nitrogens with one attached hydrogen (secondary N) is 1. The van der Waals surface area contributed by atoms with Gasteiger partial charge in [-0.25, -0.2) is 4.79 Å². The normalized spacial score (nSPS) is 14.6. The van der Waals surface area contributed by atoms with Gasteiger partial charge in [-0.05, 0) is 33.3 Å². The van der Waals surface area contributed by atoms with Crippen LogP contribution in [0.2, 0.25) is 0 Å². The number of hydrogen-bond donors (Lipinski definition) is 3. The van der Waals surface area contributed by atoms with Crippen LogP contribution in [0.25, 0.3) is 6.08 Å². The summed E-state index contributed by atoms with van der Waals surface area (Å²) in [6.07, 6.45) is 1.58. The average Bonchev–Trinajstić information content (AvgIpc) is 2.42. The first kappa shape index (κ1) is 18.2. The molecule has 3 N–H and O–H groups in total. The van der Waals surface area contributed by atoms with Crippen LogP contribution in [0.1, 0.15) is 31.9 Å². The van der Waals surface area contributed by atoms with Crippen molar-refractivity contribution in [3.8, 4) is 0 Å². The zero-order valence-electron chi connectivity index (χ0n) is 13.5. The fraction of sp³-hybridized carbons (Fsp3) is 0.471. The number of aliphatic hydroxyl groups excluding tert-OH is 2. The highest BCUT2D eigenvalue weighted by Gasteiger charge is 2.22. The van der Waals surface area contributed by atoms with E-state index in [0.717, 1.165) is 11.1 Å². The van der Waals surface area contributed by atoms with E-state index in [9.17, 15) is 15.0 Å². The zero-order chi connectivity index (χ0) is 16.8. The lowest BCUT2D eigenvalue weighted by Gasteiger charge is -2.24. The lowest BCUT2D eigenvalue weighted by Crippen LogP contribution is -2.46. The molecule has 1 amide bonds. The Morgan fingerprint density at radius 3 is 2.41 bits per heavy atom. The monoisotopic (exact) mass is 307 g/mol. The number of amides is 1. The van der Waals surface area contributed by atoms with Gasteiger partial charge in [0.25, 0.3) is 0 Å². The van der Waals surface area contributed by atoms with Crippen molar-refractivity contribution >= 4 is 12.2 Å². The number of ether oxygens (including phenoxy) is 1. The fourth-order valence-corrected chi connectivity index (χ4v) is 1.72. The maximum absolute atomic E-state index is 11.7. The van der Waals surface area contributed by atoms with Gasteiger partial charge in [-0.15, -0.1) is 0 Å². The minimum absolute atomic E-state index is 0.390. The van der Waals surface area contributed by atoms with E-state index in [0.29, 0.717) is 0 Å². The van der Waals surface area contributed by atoms with Crippen molar-refractivity contribution in [3.05, 3.63) is 41.5 Å². The third kappa shape index (κ3) is 6.74. The van der Waals surface area contributed by atoms with Crippen molar-refractivity contribution in [1.82, 2.24) is 5.32 Å². The van der Waals surface area contributed by atoms with E-state index in [1.165, 1.54) is 6.08 Å². The maximum Gasteiger partial charge on any atom is 0.408 e. The van der Waals surface area contributed by atoms with Gasteiger partial charge in [-0.1, -0.05) is 42.0 Å². The smallest absolute Gasteiger partial charge is 0.408 e. The molecule has 0 heterocycles. The van der Waals surface area contributed by atoms with Crippen LogP contribution in [0, 0.1) is 6.92 Å². The van der Waals surface area contributed by atoms with Crippen molar-refractivity contribution < 1.29 is 19.7 Å². The van der Waals surface area contributed by atoms with E-state index in [4.69, 9.17) is 4.74 Å². The SMILES string of the molecule is Cc1ccc(/C=C/[C@@H](O)C(CO)NC(=O)OC(C)(C)C)cc1. The number of rotatable bonds is 5. The van der Waals surface area contributed by atoms with E-state index in [1.807, 2.05) is 31.2 Å². The Labute approximate surface area is 131 Å². The highest BCUT2D eigenvalue weighted by atomic mass is 16.6. The van der Waals surface area contributed by atoms with Gasteiger partial charge < -0.3 is 20.3 Å². The summed E-state index contributed by atoms with van der Waals surface area (Å²) in [5, 5.41) is 21.8. The first-order valence-electron chi connectivity index (χ1n) is 7.24. The molecule has 0 aliphatic carbocycles. The van der Waals surface area contributed by atoms with Gasteiger partial charge in [0.05, 0.1) is 18.8 Å². The van der Waals surface area contributed by atoms with Gasteiger partial charge in [0, 0.05) is 0 Å². The van der Waals surface area contributed by atoms with Gasteiger partial charge in [0.1, 0.15) is 5.60 Å². The Bertz CT molecular complexity index is 502. The van der Waals surface area contributed by atoms with Gasteiger partial charge in [0.2, 0.25) is 0 Å². The van der Waals surface area contributed by atoms with Crippen LogP contribution in [0.15, 0.2) is 30.3 Å².